The van der Waals surface area contributed by atoms with Crippen LogP contribution in [0.15, 0.2) is 0 Å². The van der Waals surface area contributed by atoms with Gasteiger partial charge >= 0.3 is 11.9 Å². The smallest absolute Gasteiger partial charge is 0.321 e. The maximum atomic E-state index is 10.2. The van der Waals surface area contributed by atoms with Gasteiger partial charge in [0.2, 0.25) is 0 Å². The summed E-state index contributed by atoms with van der Waals surface area (Å²) in [6.45, 7) is 5.11. The van der Waals surface area contributed by atoms with Crippen LogP contribution in [0.4, 0.5) is 0 Å². The SMILES string of the molecule is CC(C)(C)[C@H](N)C(=O)O.NCC(=O)O. The molecule has 0 unspecified atom stereocenters. The van der Waals surface area contributed by atoms with E-state index in [0.717, 1.165) is 0 Å². The molecule has 0 amide bonds. The summed E-state index contributed by atoms with van der Waals surface area (Å²) in [6.07, 6.45) is 0. The van der Waals surface area contributed by atoms with E-state index in [-0.39, 0.29) is 12.0 Å². The van der Waals surface area contributed by atoms with Gasteiger partial charge < -0.3 is 21.7 Å². The maximum Gasteiger partial charge on any atom is 0.321 e. The van der Waals surface area contributed by atoms with E-state index in [0.29, 0.717) is 0 Å². The molecule has 0 fully saturated rings. The lowest BCUT2D eigenvalue weighted by Gasteiger charge is -2.22. The Labute approximate surface area is 82.9 Å². The van der Waals surface area contributed by atoms with Gasteiger partial charge in [-0.25, -0.2) is 0 Å². The average Bonchev–Trinajstić information content (AvgIpc) is 2.02. The Kier molecular flexibility index (Phi) is 6.94. The van der Waals surface area contributed by atoms with Gasteiger partial charge in [-0.05, 0) is 5.41 Å². The van der Waals surface area contributed by atoms with Crippen molar-refractivity contribution in [3.05, 3.63) is 0 Å². The first-order valence-corrected chi connectivity index (χ1v) is 4.03. The predicted molar refractivity (Wildman–Crippen MR) is 51.8 cm³/mol. The highest BCUT2D eigenvalue weighted by atomic mass is 16.4. The van der Waals surface area contributed by atoms with E-state index in [9.17, 15) is 9.59 Å². The molecular formula is C8H18N2O4. The quantitative estimate of drug-likeness (QED) is 0.481. The highest BCUT2D eigenvalue weighted by molar-refractivity contribution is 5.74. The first-order chi connectivity index (χ1) is 6.12. The van der Waals surface area contributed by atoms with Gasteiger partial charge in [0.15, 0.2) is 0 Å². The van der Waals surface area contributed by atoms with E-state index < -0.39 is 18.0 Å². The topological polar surface area (TPSA) is 127 Å². The Hall–Kier alpha value is -1.14. The largest absolute Gasteiger partial charge is 0.480 e. The van der Waals surface area contributed by atoms with E-state index >= 15 is 0 Å². The van der Waals surface area contributed by atoms with E-state index in [2.05, 4.69) is 5.73 Å². The molecule has 0 rings (SSSR count). The Morgan fingerprint density at radius 3 is 1.57 bits per heavy atom. The minimum atomic E-state index is -0.968. The fraction of sp³-hybridized carbons (Fsp3) is 0.750. The summed E-state index contributed by atoms with van der Waals surface area (Å²) in [6, 6.07) is -0.766. The van der Waals surface area contributed by atoms with Gasteiger partial charge in [0, 0.05) is 0 Å². The van der Waals surface area contributed by atoms with Crippen molar-refractivity contribution in [1.82, 2.24) is 0 Å². The number of hydrogen-bond acceptors (Lipinski definition) is 4. The fourth-order valence-corrected chi connectivity index (χ4v) is 0.370. The molecule has 0 spiro atoms. The second kappa shape index (κ2) is 6.33. The molecule has 1 atom stereocenters. The maximum absolute atomic E-state index is 10.2. The molecule has 6 N–H and O–H groups in total. The van der Waals surface area contributed by atoms with Crippen molar-refractivity contribution in [1.29, 1.82) is 0 Å². The minimum Gasteiger partial charge on any atom is -0.480 e. The van der Waals surface area contributed by atoms with Crippen LogP contribution in [0, 0.1) is 5.41 Å². The van der Waals surface area contributed by atoms with Gasteiger partial charge in [-0.1, -0.05) is 20.8 Å². The van der Waals surface area contributed by atoms with Gasteiger partial charge in [-0.15, -0.1) is 0 Å². The number of carboxylic acids is 2. The number of aliphatic carboxylic acids is 2. The lowest BCUT2D eigenvalue weighted by Crippen LogP contribution is -2.41. The molecule has 0 aromatic rings. The van der Waals surface area contributed by atoms with Crippen LogP contribution in [0.25, 0.3) is 0 Å². The third-order valence-corrected chi connectivity index (χ3v) is 1.37. The van der Waals surface area contributed by atoms with Crippen LogP contribution >= 0.6 is 0 Å². The first-order valence-electron chi connectivity index (χ1n) is 4.03. The van der Waals surface area contributed by atoms with Crippen molar-refractivity contribution in [2.75, 3.05) is 6.54 Å². The lowest BCUT2D eigenvalue weighted by molar-refractivity contribution is -0.141. The molecule has 0 saturated carbocycles. The molecule has 0 aromatic heterocycles. The second-order valence-electron chi connectivity index (χ2n) is 3.78. The predicted octanol–water partition coefficient (Wildman–Crippen LogP) is -0.526. The highest BCUT2D eigenvalue weighted by Crippen LogP contribution is 2.16. The molecule has 6 heteroatoms. The molecule has 0 aliphatic heterocycles. The average molecular weight is 206 g/mol. The van der Waals surface area contributed by atoms with Gasteiger partial charge in [-0.3, -0.25) is 9.59 Å². The highest BCUT2D eigenvalue weighted by Gasteiger charge is 2.26. The van der Waals surface area contributed by atoms with Crippen LogP contribution in [0.5, 0.6) is 0 Å². The molecule has 0 aliphatic carbocycles. The summed E-state index contributed by atoms with van der Waals surface area (Å²) in [5.74, 6) is -1.91. The van der Waals surface area contributed by atoms with Crippen LogP contribution in [0.2, 0.25) is 0 Å². The molecule has 0 aromatic carbocycles. The lowest BCUT2D eigenvalue weighted by atomic mass is 9.88. The van der Waals surface area contributed by atoms with Crippen molar-refractivity contribution in [2.24, 2.45) is 16.9 Å². The van der Waals surface area contributed by atoms with Gasteiger partial charge in [0.1, 0.15) is 6.04 Å². The zero-order chi connectivity index (χ0) is 11.9. The van der Waals surface area contributed by atoms with Crippen molar-refractivity contribution in [3.63, 3.8) is 0 Å². The summed E-state index contributed by atoms with van der Waals surface area (Å²) in [5, 5.41) is 16.0. The van der Waals surface area contributed by atoms with E-state index in [1.165, 1.54) is 0 Å². The monoisotopic (exact) mass is 206 g/mol. The molecule has 6 nitrogen and oxygen atoms in total. The van der Waals surface area contributed by atoms with Crippen molar-refractivity contribution >= 4 is 11.9 Å². The molecule has 0 bridgehead atoms. The van der Waals surface area contributed by atoms with Crippen molar-refractivity contribution in [2.45, 2.75) is 26.8 Å². The zero-order valence-corrected chi connectivity index (χ0v) is 8.65. The van der Waals surface area contributed by atoms with Crippen LogP contribution in [0.1, 0.15) is 20.8 Å². The fourth-order valence-electron chi connectivity index (χ4n) is 0.370. The number of carboxylic acid groups (broad SMARTS) is 2. The summed E-state index contributed by atoms with van der Waals surface area (Å²) in [7, 11) is 0. The second-order valence-corrected chi connectivity index (χ2v) is 3.78. The Bertz CT molecular complexity index is 198. The Balaban J connectivity index is 0. The summed E-state index contributed by atoms with van der Waals surface area (Å²) < 4.78 is 0. The molecule has 0 radical (unpaired) electrons. The van der Waals surface area contributed by atoms with Gasteiger partial charge in [-0.2, -0.15) is 0 Å². The molecule has 0 saturated heterocycles. The van der Waals surface area contributed by atoms with Crippen LogP contribution in [-0.4, -0.2) is 34.7 Å². The molecule has 0 heterocycles. The summed E-state index contributed by atoms with van der Waals surface area (Å²) in [4.78, 5) is 19.5. The van der Waals surface area contributed by atoms with Crippen LogP contribution in [0.3, 0.4) is 0 Å². The molecular weight excluding hydrogens is 188 g/mol. The molecule has 84 valence electrons. The third-order valence-electron chi connectivity index (χ3n) is 1.37. The van der Waals surface area contributed by atoms with Gasteiger partial charge in [0.05, 0.1) is 6.54 Å². The Morgan fingerprint density at radius 2 is 1.57 bits per heavy atom. The summed E-state index contributed by atoms with van der Waals surface area (Å²) >= 11 is 0. The molecule has 14 heavy (non-hydrogen) atoms. The van der Waals surface area contributed by atoms with Crippen LogP contribution in [-0.2, 0) is 9.59 Å². The van der Waals surface area contributed by atoms with E-state index in [1.807, 2.05) is 0 Å². The zero-order valence-electron chi connectivity index (χ0n) is 8.65. The first kappa shape index (κ1) is 15.3. The van der Waals surface area contributed by atoms with E-state index in [4.69, 9.17) is 15.9 Å². The molecule has 0 aliphatic rings. The number of carbonyl (C=O) groups is 2. The standard InChI is InChI=1S/C6H13NO2.C2H5NO2/c1-6(2,3)4(7)5(8)9;3-1-2(4)5/h4H,7H2,1-3H3,(H,8,9);1,3H2,(H,4,5)/t4-;/m1./s1. The third kappa shape index (κ3) is 8.95. The van der Waals surface area contributed by atoms with E-state index in [1.54, 1.807) is 20.8 Å². The minimum absolute atomic E-state index is 0.278. The Morgan fingerprint density at radius 1 is 1.29 bits per heavy atom. The van der Waals surface area contributed by atoms with Crippen LogP contribution < -0.4 is 11.5 Å². The van der Waals surface area contributed by atoms with Crippen molar-refractivity contribution < 1.29 is 19.8 Å². The van der Waals surface area contributed by atoms with Crippen molar-refractivity contribution in [3.8, 4) is 0 Å². The number of rotatable bonds is 2. The van der Waals surface area contributed by atoms with Gasteiger partial charge in [0.25, 0.3) is 0 Å². The number of hydrogen-bond donors (Lipinski definition) is 4. The normalized spacial score (nSPS) is 12.4. The number of nitrogens with two attached hydrogens (primary N) is 2. The summed E-state index contributed by atoms with van der Waals surface area (Å²) in [5.41, 5.74) is 9.52.